The van der Waals surface area contributed by atoms with Crippen LogP contribution < -0.4 is 14.8 Å². The molecule has 5 nitrogen and oxygen atoms in total. The molecule has 0 aliphatic carbocycles. The van der Waals surface area contributed by atoms with E-state index < -0.39 is 0 Å². The Labute approximate surface area is 222 Å². The summed E-state index contributed by atoms with van der Waals surface area (Å²) in [6.07, 6.45) is 3.56. The summed E-state index contributed by atoms with van der Waals surface area (Å²) >= 11 is 36.1. The average molecular weight is 569 g/mol. The molecule has 11 heteroatoms. The van der Waals surface area contributed by atoms with Gasteiger partial charge in [0.2, 0.25) is 0 Å². The Morgan fingerprint density at radius 2 is 1.70 bits per heavy atom. The number of unbranched alkanes of at least 4 members (excludes halogenated alkanes) is 1. The Morgan fingerprint density at radius 1 is 1.06 bits per heavy atom. The molecule has 1 N–H and O–H groups in total. The molecule has 1 saturated heterocycles. The lowest BCUT2D eigenvalue weighted by molar-refractivity contribution is -0.122. The Balaban J connectivity index is 1.87. The van der Waals surface area contributed by atoms with Crippen molar-refractivity contribution in [3.8, 4) is 11.5 Å². The van der Waals surface area contributed by atoms with E-state index in [2.05, 4.69) is 12.2 Å². The Kier molecular flexibility index (Phi) is 9.01. The summed E-state index contributed by atoms with van der Waals surface area (Å²) in [6, 6.07) is 5.40. The van der Waals surface area contributed by atoms with E-state index in [1.807, 2.05) is 12.1 Å². The molecule has 0 saturated carbocycles. The minimum absolute atomic E-state index is 0.0380. The Bertz CT molecular complexity index is 1110. The molecular formula is C22H19Cl5N2O3S. The molecule has 0 aromatic heterocycles. The second-order valence-electron chi connectivity index (χ2n) is 7.06. The fourth-order valence-corrected chi connectivity index (χ4v) is 4.63. The number of carbonyl (C=O) groups is 1. The standard InChI is InChI=1S/C22H19Cl5N2O3S/c1-3-4-7-29-21(30)13(28-22(29)33)9-11-5-6-14(31-2)12(8-11)10-32-20-18(26)16(24)15(23)17(25)19(20)27/h5-6,8-9H,3-4,7,10H2,1-2H3,(H,28,33)/b13-9+. The molecule has 0 radical (unpaired) electrons. The maximum atomic E-state index is 12.7. The topological polar surface area (TPSA) is 50.8 Å². The van der Waals surface area contributed by atoms with Crippen molar-refractivity contribution >= 4 is 87.3 Å². The lowest BCUT2D eigenvalue weighted by Gasteiger charge is -2.15. The maximum absolute atomic E-state index is 12.7. The second-order valence-corrected chi connectivity index (χ2v) is 9.33. The fourth-order valence-electron chi connectivity index (χ4n) is 3.12. The predicted molar refractivity (Wildman–Crippen MR) is 139 cm³/mol. The van der Waals surface area contributed by atoms with E-state index in [-0.39, 0.29) is 43.4 Å². The van der Waals surface area contributed by atoms with E-state index in [0.717, 1.165) is 18.4 Å². The van der Waals surface area contributed by atoms with Crippen LogP contribution >= 0.6 is 70.2 Å². The number of nitrogens with one attached hydrogen (secondary N) is 1. The van der Waals surface area contributed by atoms with E-state index >= 15 is 0 Å². The third kappa shape index (κ3) is 5.64. The number of ether oxygens (including phenoxy) is 2. The minimum Gasteiger partial charge on any atom is -0.496 e. The van der Waals surface area contributed by atoms with Crippen LogP contribution in [0.4, 0.5) is 0 Å². The third-order valence-corrected chi connectivity index (χ3v) is 7.42. The highest BCUT2D eigenvalue weighted by molar-refractivity contribution is 7.80. The van der Waals surface area contributed by atoms with Crippen molar-refractivity contribution in [1.82, 2.24) is 10.2 Å². The first-order chi connectivity index (χ1) is 15.7. The molecule has 176 valence electrons. The molecule has 33 heavy (non-hydrogen) atoms. The molecule has 2 aromatic carbocycles. The van der Waals surface area contributed by atoms with Gasteiger partial charge < -0.3 is 14.8 Å². The van der Waals surface area contributed by atoms with E-state index in [0.29, 0.717) is 28.7 Å². The molecule has 1 aliphatic heterocycles. The summed E-state index contributed by atoms with van der Waals surface area (Å²) in [5, 5.41) is 3.62. The molecule has 0 spiro atoms. The number of rotatable bonds is 8. The number of benzene rings is 2. The van der Waals surface area contributed by atoms with Gasteiger partial charge in [0.05, 0.1) is 22.2 Å². The van der Waals surface area contributed by atoms with Crippen molar-refractivity contribution < 1.29 is 14.3 Å². The van der Waals surface area contributed by atoms with Crippen molar-refractivity contribution in [2.24, 2.45) is 0 Å². The summed E-state index contributed by atoms with van der Waals surface area (Å²) in [6.45, 7) is 2.67. The van der Waals surface area contributed by atoms with Crippen LogP contribution in [0.3, 0.4) is 0 Å². The number of hydrogen-bond donors (Lipinski definition) is 1. The van der Waals surface area contributed by atoms with Crippen LogP contribution in [-0.4, -0.2) is 29.6 Å². The minimum atomic E-state index is -0.161. The molecule has 3 rings (SSSR count). The third-order valence-electron chi connectivity index (χ3n) is 4.85. The molecule has 0 bridgehead atoms. The molecule has 0 unspecified atom stereocenters. The van der Waals surface area contributed by atoms with E-state index in [1.54, 1.807) is 24.2 Å². The second kappa shape index (κ2) is 11.3. The molecule has 1 heterocycles. The Hall–Kier alpha value is -1.41. The van der Waals surface area contributed by atoms with Gasteiger partial charge in [-0.2, -0.15) is 0 Å². The number of amides is 1. The van der Waals surface area contributed by atoms with E-state index in [4.69, 9.17) is 79.7 Å². The summed E-state index contributed by atoms with van der Waals surface area (Å²) in [5.41, 5.74) is 1.82. The first-order valence-corrected chi connectivity index (χ1v) is 12.1. The molecular weight excluding hydrogens is 550 g/mol. The monoisotopic (exact) mass is 566 g/mol. The van der Waals surface area contributed by atoms with Gasteiger partial charge >= 0.3 is 0 Å². The lowest BCUT2D eigenvalue weighted by atomic mass is 10.1. The smallest absolute Gasteiger partial charge is 0.276 e. The highest BCUT2D eigenvalue weighted by Gasteiger charge is 2.30. The van der Waals surface area contributed by atoms with Crippen LogP contribution in [-0.2, 0) is 11.4 Å². The van der Waals surface area contributed by atoms with Crippen molar-refractivity contribution in [2.75, 3.05) is 13.7 Å². The van der Waals surface area contributed by atoms with Crippen LogP contribution in [0.2, 0.25) is 25.1 Å². The van der Waals surface area contributed by atoms with E-state index in [9.17, 15) is 4.79 Å². The average Bonchev–Trinajstić information content (AvgIpc) is 3.07. The van der Waals surface area contributed by atoms with Gasteiger partial charge in [-0.15, -0.1) is 0 Å². The number of nitrogens with zero attached hydrogens (tertiary/aromatic N) is 1. The number of carbonyl (C=O) groups excluding carboxylic acids is 1. The van der Waals surface area contributed by atoms with Crippen molar-refractivity contribution in [1.29, 1.82) is 0 Å². The lowest BCUT2D eigenvalue weighted by Crippen LogP contribution is -2.31. The Morgan fingerprint density at radius 3 is 2.30 bits per heavy atom. The van der Waals surface area contributed by atoms with Gasteiger partial charge in [0.15, 0.2) is 10.9 Å². The van der Waals surface area contributed by atoms with Crippen molar-refractivity contribution in [2.45, 2.75) is 26.4 Å². The zero-order valence-corrected chi connectivity index (χ0v) is 22.2. The summed E-state index contributed by atoms with van der Waals surface area (Å²) < 4.78 is 11.3. The largest absolute Gasteiger partial charge is 0.496 e. The van der Waals surface area contributed by atoms with Crippen LogP contribution in [0, 0.1) is 0 Å². The summed E-state index contributed by atoms with van der Waals surface area (Å²) in [4.78, 5) is 14.3. The van der Waals surface area contributed by atoms with Crippen molar-refractivity contribution in [3.63, 3.8) is 0 Å². The van der Waals surface area contributed by atoms with Crippen LogP contribution in [0.15, 0.2) is 23.9 Å². The number of thiocarbonyl (C=S) groups is 1. The molecule has 1 aliphatic rings. The van der Waals surface area contributed by atoms with Gasteiger partial charge in [0.1, 0.15) is 28.1 Å². The van der Waals surface area contributed by atoms with Gasteiger partial charge in [-0.25, -0.2) is 0 Å². The molecule has 2 aromatic rings. The van der Waals surface area contributed by atoms with Crippen LogP contribution in [0.5, 0.6) is 11.5 Å². The van der Waals surface area contributed by atoms with Gasteiger partial charge in [-0.05, 0) is 42.4 Å². The normalized spacial score (nSPS) is 14.8. The first-order valence-electron chi connectivity index (χ1n) is 9.85. The zero-order chi connectivity index (χ0) is 24.3. The predicted octanol–water partition coefficient (Wildman–Crippen LogP) is 7.40. The molecule has 1 fully saturated rings. The quantitative estimate of drug-likeness (QED) is 0.156. The SMILES string of the molecule is CCCCN1C(=O)/C(=C\c2ccc(OC)c(COc3c(Cl)c(Cl)c(Cl)c(Cl)c3Cl)c2)NC1=S. The van der Waals surface area contributed by atoms with Gasteiger partial charge in [0.25, 0.3) is 5.91 Å². The van der Waals surface area contributed by atoms with Crippen LogP contribution in [0.25, 0.3) is 6.08 Å². The maximum Gasteiger partial charge on any atom is 0.276 e. The molecule has 1 amide bonds. The zero-order valence-electron chi connectivity index (χ0n) is 17.6. The number of hydrogen-bond acceptors (Lipinski definition) is 4. The first kappa shape index (κ1) is 26.2. The van der Waals surface area contributed by atoms with Gasteiger partial charge in [-0.3, -0.25) is 9.69 Å². The highest BCUT2D eigenvalue weighted by Crippen LogP contribution is 2.48. The van der Waals surface area contributed by atoms with Gasteiger partial charge in [0, 0.05) is 12.1 Å². The van der Waals surface area contributed by atoms with E-state index in [1.165, 1.54) is 0 Å². The fraction of sp³-hybridized carbons (Fsp3) is 0.273. The number of methoxy groups -OCH3 is 1. The number of halogens is 5. The van der Waals surface area contributed by atoms with Crippen molar-refractivity contribution in [3.05, 3.63) is 60.1 Å². The molecule has 0 atom stereocenters. The van der Waals surface area contributed by atoms with Gasteiger partial charge in [-0.1, -0.05) is 77.4 Å². The van der Waals surface area contributed by atoms with Crippen LogP contribution in [0.1, 0.15) is 30.9 Å². The highest BCUT2D eigenvalue weighted by atomic mass is 35.5. The summed E-state index contributed by atoms with van der Waals surface area (Å²) in [5.74, 6) is 0.514. The summed E-state index contributed by atoms with van der Waals surface area (Å²) in [7, 11) is 1.54.